The lowest BCUT2D eigenvalue weighted by atomic mass is 10.0. The van der Waals surface area contributed by atoms with Crippen molar-refractivity contribution in [3.05, 3.63) is 66.0 Å². The number of hydrogen-bond donors (Lipinski definition) is 0. The van der Waals surface area contributed by atoms with Crippen molar-refractivity contribution >= 4 is 34.9 Å². The van der Waals surface area contributed by atoms with Gasteiger partial charge >= 0.3 is 5.97 Å². The second kappa shape index (κ2) is 8.97. The van der Waals surface area contributed by atoms with Crippen LogP contribution in [0.4, 0.5) is 10.1 Å². The van der Waals surface area contributed by atoms with Crippen LogP contribution in [-0.4, -0.2) is 36.2 Å². The quantitative estimate of drug-likeness (QED) is 0.402. The van der Waals surface area contributed by atoms with E-state index in [4.69, 9.17) is 16.3 Å². The standard InChI is InChI=1S/C21H19ClFNO4/c22-11-10-18(20(26)14-6-8-16(23)9-7-14)28-21(27)15-12-19(25)24(13-15)17-4-2-1-3-5-17/h1-9,15,18H,10-13H2/t15-,18+/m1/s1. The Hall–Kier alpha value is -2.73. The molecule has 146 valence electrons. The van der Waals surface area contributed by atoms with Crippen LogP contribution in [-0.2, 0) is 14.3 Å². The highest BCUT2D eigenvalue weighted by Gasteiger charge is 2.38. The third-order valence-corrected chi connectivity index (χ3v) is 4.80. The number of Topliss-reactive ketones (excluding diaryl/α,β-unsaturated/α-hetero) is 1. The summed E-state index contributed by atoms with van der Waals surface area (Å²) >= 11 is 5.76. The number of anilines is 1. The number of nitrogens with zero attached hydrogens (tertiary/aromatic N) is 1. The van der Waals surface area contributed by atoms with Gasteiger partial charge in [-0.1, -0.05) is 18.2 Å². The highest BCUT2D eigenvalue weighted by Crippen LogP contribution is 2.26. The normalized spacial score (nSPS) is 17.4. The maximum Gasteiger partial charge on any atom is 0.312 e. The first kappa shape index (κ1) is 20.0. The number of ether oxygens (including phenoxy) is 1. The zero-order valence-corrected chi connectivity index (χ0v) is 15.8. The summed E-state index contributed by atoms with van der Waals surface area (Å²) in [7, 11) is 0. The Morgan fingerprint density at radius 3 is 2.46 bits per heavy atom. The second-order valence-electron chi connectivity index (χ2n) is 6.52. The molecule has 0 saturated carbocycles. The lowest BCUT2D eigenvalue weighted by Crippen LogP contribution is -2.32. The molecule has 2 atom stereocenters. The maximum absolute atomic E-state index is 13.1. The Kier molecular flexibility index (Phi) is 6.41. The summed E-state index contributed by atoms with van der Waals surface area (Å²) in [5.41, 5.74) is 0.945. The summed E-state index contributed by atoms with van der Waals surface area (Å²) in [5.74, 6) is -2.24. The van der Waals surface area contributed by atoms with E-state index in [9.17, 15) is 18.8 Å². The fourth-order valence-corrected chi connectivity index (χ4v) is 3.30. The Morgan fingerprint density at radius 2 is 1.82 bits per heavy atom. The Bertz CT molecular complexity index is 856. The van der Waals surface area contributed by atoms with Crippen molar-refractivity contribution in [1.82, 2.24) is 0 Å². The molecule has 2 aromatic carbocycles. The molecule has 1 fully saturated rings. The molecule has 1 amide bonds. The van der Waals surface area contributed by atoms with Crippen molar-refractivity contribution in [3.8, 4) is 0 Å². The molecule has 0 aliphatic carbocycles. The number of carbonyl (C=O) groups excluding carboxylic acids is 3. The van der Waals surface area contributed by atoms with Gasteiger partial charge in [-0.15, -0.1) is 11.6 Å². The monoisotopic (exact) mass is 403 g/mol. The van der Waals surface area contributed by atoms with Crippen LogP contribution in [0.25, 0.3) is 0 Å². The van der Waals surface area contributed by atoms with Crippen LogP contribution in [0.2, 0.25) is 0 Å². The van der Waals surface area contributed by atoms with E-state index in [1.807, 2.05) is 18.2 Å². The third kappa shape index (κ3) is 4.57. The summed E-state index contributed by atoms with van der Waals surface area (Å²) in [5, 5.41) is 0. The summed E-state index contributed by atoms with van der Waals surface area (Å²) in [6.45, 7) is 0.194. The van der Waals surface area contributed by atoms with Crippen molar-refractivity contribution in [2.45, 2.75) is 18.9 Å². The van der Waals surface area contributed by atoms with Gasteiger partial charge in [0, 0.05) is 36.5 Å². The summed E-state index contributed by atoms with van der Waals surface area (Å²) in [6.07, 6.45) is -0.921. The number of ketones is 1. The number of amides is 1. The molecule has 0 aromatic heterocycles. The Morgan fingerprint density at radius 1 is 1.14 bits per heavy atom. The predicted molar refractivity (Wildman–Crippen MR) is 103 cm³/mol. The average molecular weight is 404 g/mol. The fourth-order valence-electron chi connectivity index (χ4n) is 3.10. The fraction of sp³-hybridized carbons (Fsp3) is 0.286. The van der Waals surface area contributed by atoms with Gasteiger partial charge in [0.05, 0.1) is 5.92 Å². The molecule has 0 radical (unpaired) electrons. The first-order valence-electron chi connectivity index (χ1n) is 8.91. The molecule has 1 heterocycles. The zero-order valence-electron chi connectivity index (χ0n) is 15.0. The number of halogens is 2. The van der Waals surface area contributed by atoms with Gasteiger partial charge in [0.1, 0.15) is 5.82 Å². The van der Waals surface area contributed by atoms with E-state index < -0.39 is 29.6 Å². The van der Waals surface area contributed by atoms with Crippen LogP contribution < -0.4 is 4.90 Å². The number of alkyl halides is 1. The summed E-state index contributed by atoms with van der Waals surface area (Å²) in [4.78, 5) is 39.0. The lowest BCUT2D eigenvalue weighted by molar-refractivity contribution is -0.151. The summed E-state index contributed by atoms with van der Waals surface area (Å²) < 4.78 is 18.5. The number of benzene rings is 2. The largest absolute Gasteiger partial charge is 0.454 e. The minimum absolute atomic E-state index is 0.0199. The van der Waals surface area contributed by atoms with Crippen LogP contribution in [0.1, 0.15) is 23.2 Å². The number of para-hydroxylation sites is 1. The molecule has 1 saturated heterocycles. The Labute approximate surface area is 167 Å². The van der Waals surface area contributed by atoms with E-state index in [0.29, 0.717) is 5.69 Å². The lowest BCUT2D eigenvalue weighted by Gasteiger charge is -2.19. The molecule has 1 aliphatic rings. The maximum atomic E-state index is 13.1. The number of hydrogen-bond acceptors (Lipinski definition) is 4. The van der Waals surface area contributed by atoms with E-state index >= 15 is 0 Å². The molecule has 3 rings (SSSR count). The van der Waals surface area contributed by atoms with Crippen LogP contribution in [0.15, 0.2) is 54.6 Å². The molecular weight excluding hydrogens is 385 g/mol. The molecule has 0 N–H and O–H groups in total. The van der Waals surface area contributed by atoms with Crippen LogP contribution >= 0.6 is 11.6 Å². The Balaban J connectivity index is 1.68. The van der Waals surface area contributed by atoms with E-state index in [1.54, 1.807) is 12.1 Å². The molecule has 28 heavy (non-hydrogen) atoms. The summed E-state index contributed by atoms with van der Waals surface area (Å²) in [6, 6.07) is 14.1. The van der Waals surface area contributed by atoms with Crippen molar-refractivity contribution in [2.24, 2.45) is 5.92 Å². The minimum Gasteiger partial charge on any atom is -0.454 e. The van der Waals surface area contributed by atoms with Gasteiger partial charge in [-0.3, -0.25) is 14.4 Å². The highest BCUT2D eigenvalue weighted by atomic mass is 35.5. The molecule has 0 unspecified atom stereocenters. The first-order valence-corrected chi connectivity index (χ1v) is 9.44. The molecule has 2 aromatic rings. The van der Waals surface area contributed by atoms with Gasteiger partial charge in [0.2, 0.25) is 11.7 Å². The van der Waals surface area contributed by atoms with Gasteiger partial charge in [-0.2, -0.15) is 0 Å². The van der Waals surface area contributed by atoms with E-state index in [0.717, 1.165) is 0 Å². The van der Waals surface area contributed by atoms with Gasteiger partial charge in [-0.05, 0) is 36.4 Å². The van der Waals surface area contributed by atoms with Gasteiger partial charge < -0.3 is 9.64 Å². The molecule has 5 nitrogen and oxygen atoms in total. The predicted octanol–water partition coefficient (Wildman–Crippen LogP) is 3.60. The van der Waals surface area contributed by atoms with Crippen LogP contribution in [0.3, 0.4) is 0 Å². The number of carbonyl (C=O) groups is 3. The molecule has 0 spiro atoms. The average Bonchev–Trinajstić information content (AvgIpc) is 3.10. The second-order valence-corrected chi connectivity index (χ2v) is 6.89. The molecule has 0 bridgehead atoms. The first-order chi connectivity index (χ1) is 13.5. The van der Waals surface area contributed by atoms with Crippen molar-refractivity contribution < 1.29 is 23.5 Å². The number of esters is 1. The highest BCUT2D eigenvalue weighted by molar-refractivity contribution is 6.18. The van der Waals surface area contributed by atoms with E-state index in [-0.39, 0.29) is 36.7 Å². The number of rotatable bonds is 7. The van der Waals surface area contributed by atoms with Gasteiger partial charge in [0.25, 0.3) is 0 Å². The van der Waals surface area contributed by atoms with Gasteiger partial charge in [0.15, 0.2) is 6.10 Å². The molecular formula is C21H19ClFNO4. The molecule has 1 aliphatic heterocycles. The third-order valence-electron chi connectivity index (χ3n) is 4.58. The SMILES string of the molecule is O=C(O[C@@H](CCCl)C(=O)c1ccc(F)cc1)[C@@H]1CC(=O)N(c2ccccc2)C1. The smallest absolute Gasteiger partial charge is 0.312 e. The van der Waals surface area contributed by atoms with E-state index in [1.165, 1.54) is 29.2 Å². The zero-order chi connectivity index (χ0) is 20.1. The van der Waals surface area contributed by atoms with E-state index in [2.05, 4.69) is 0 Å². The van der Waals surface area contributed by atoms with Crippen LogP contribution in [0.5, 0.6) is 0 Å². The van der Waals surface area contributed by atoms with Crippen molar-refractivity contribution in [1.29, 1.82) is 0 Å². The van der Waals surface area contributed by atoms with Crippen molar-refractivity contribution in [3.63, 3.8) is 0 Å². The van der Waals surface area contributed by atoms with Crippen molar-refractivity contribution in [2.75, 3.05) is 17.3 Å². The minimum atomic E-state index is -1.07. The molecule has 7 heteroatoms. The van der Waals surface area contributed by atoms with Crippen LogP contribution in [0, 0.1) is 11.7 Å². The topological polar surface area (TPSA) is 63.7 Å². The van der Waals surface area contributed by atoms with Gasteiger partial charge in [-0.25, -0.2) is 4.39 Å².